The van der Waals surface area contributed by atoms with Gasteiger partial charge in [0, 0.05) is 32.7 Å². The van der Waals surface area contributed by atoms with E-state index in [-0.39, 0.29) is 17.6 Å². The van der Waals surface area contributed by atoms with Gasteiger partial charge in [0.05, 0.1) is 19.2 Å². The molecule has 2 aliphatic heterocycles. The standard InChI is InChI=1S/C20H29N3O2/c1-16(22-11-9-21(2)10-12-22)19(24)23-13-14-25-20(15-23)8-7-17-5-3-4-6-18(17)20/h3-6,16H,7-15H2,1-2H3/t16-,20+/m1/s1. The second kappa shape index (κ2) is 6.71. The molecule has 0 saturated carbocycles. The number of hydrogen-bond donors (Lipinski definition) is 0. The monoisotopic (exact) mass is 343 g/mol. The Morgan fingerprint density at radius 2 is 1.92 bits per heavy atom. The summed E-state index contributed by atoms with van der Waals surface area (Å²) in [4.78, 5) is 19.8. The molecule has 1 aromatic rings. The van der Waals surface area contributed by atoms with Gasteiger partial charge in [0.2, 0.25) is 5.91 Å². The van der Waals surface area contributed by atoms with Crippen LogP contribution < -0.4 is 0 Å². The summed E-state index contributed by atoms with van der Waals surface area (Å²) in [7, 11) is 2.15. The first kappa shape index (κ1) is 17.0. The molecule has 0 aromatic heterocycles. The van der Waals surface area contributed by atoms with Crippen molar-refractivity contribution in [1.29, 1.82) is 0 Å². The van der Waals surface area contributed by atoms with Gasteiger partial charge < -0.3 is 14.5 Å². The Balaban J connectivity index is 1.47. The first-order valence-corrected chi connectivity index (χ1v) is 9.53. The number of hydrogen-bond acceptors (Lipinski definition) is 4. The molecule has 0 radical (unpaired) electrons. The maximum atomic E-state index is 13.1. The number of amides is 1. The van der Waals surface area contributed by atoms with E-state index in [4.69, 9.17) is 4.74 Å². The summed E-state index contributed by atoms with van der Waals surface area (Å²) in [5.74, 6) is 0.261. The van der Waals surface area contributed by atoms with Crippen molar-refractivity contribution in [2.24, 2.45) is 0 Å². The molecular formula is C20H29N3O2. The third-order valence-electron chi connectivity index (χ3n) is 6.25. The molecule has 0 N–H and O–H groups in total. The largest absolute Gasteiger partial charge is 0.367 e. The maximum Gasteiger partial charge on any atom is 0.239 e. The Kier molecular flexibility index (Phi) is 4.56. The number of rotatable bonds is 2. The van der Waals surface area contributed by atoms with Crippen molar-refractivity contribution >= 4 is 5.91 Å². The van der Waals surface area contributed by atoms with Crippen LogP contribution in [0.25, 0.3) is 0 Å². The van der Waals surface area contributed by atoms with Crippen molar-refractivity contribution in [3.8, 4) is 0 Å². The van der Waals surface area contributed by atoms with E-state index >= 15 is 0 Å². The Labute approximate surface area is 150 Å². The second-order valence-electron chi connectivity index (χ2n) is 7.77. The molecule has 5 nitrogen and oxygen atoms in total. The first-order valence-electron chi connectivity index (χ1n) is 9.53. The average Bonchev–Trinajstić information content (AvgIpc) is 2.99. The van der Waals surface area contributed by atoms with Crippen LogP contribution in [0.3, 0.4) is 0 Å². The van der Waals surface area contributed by atoms with E-state index in [0.29, 0.717) is 19.7 Å². The molecule has 136 valence electrons. The number of carbonyl (C=O) groups is 1. The van der Waals surface area contributed by atoms with Gasteiger partial charge in [-0.1, -0.05) is 24.3 Å². The molecule has 5 heteroatoms. The number of ether oxygens (including phenoxy) is 1. The number of morpholine rings is 1. The van der Waals surface area contributed by atoms with E-state index in [0.717, 1.165) is 39.0 Å². The van der Waals surface area contributed by atoms with Crippen LogP contribution in [0.15, 0.2) is 24.3 Å². The summed E-state index contributed by atoms with van der Waals surface area (Å²) in [6.45, 7) is 8.13. The molecule has 3 aliphatic rings. The molecular weight excluding hydrogens is 314 g/mol. The highest BCUT2D eigenvalue weighted by Crippen LogP contribution is 2.42. The lowest BCUT2D eigenvalue weighted by Gasteiger charge is -2.44. The minimum absolute atomic E-state index is 0.0412. The molecule has 2 atom stereocenters. The molecule has 1 aromatic carbocycles. The molecule has 2 heterocycles. The van der Waals surface area contributed by atoms with Crippen LogP contribution in [-0.2, 0) is 21.6 Å². The summed E-state index contributed by atoms with van der Waals surface area (Å²) in [5.41, 5.74) is 2.38. The molecule has 25 heavy (non-hydrogen) atoms. The third-order valence-corrected chi connectivity index (χ3v) is 6.25. The molecule has 1 spiro atoms. The zero-order valence-corrected chi connectivity index (χ0v) is 15.4. The van der Waals surface area contributed by atoms with Crippen molar-refractivity contribution in [1.82, 2.24) is 14.7 Å². The van der Waals surface area contributed by atoms with Crippen LogP contribution in [0.5, 0.6) is 0 Å². The van der Waals surface area contributed by atoms with Crippen molar-refractivity contribution in [3.63, 3.8) is 0 Å². The van der Waals surface area contributed by atoms with E-state index in [1.165, 1.54) is 11.1 Å². The summed E-state index contributed by atoms with van der Waals surface area (Å²) >= 11 is 0. The fourth-order valence-corrected chi connectivity index (χ4v) is 4.57. The summed E-state index contributed by atoms with van der Waals surface area (Å²) in [6.07, 6.45) is 2.03. The minimum Gasteiger partial charge on any atom is -0.367 e. The van der Waals surface area contributed by atoms with Gasteiger partial charge in [-0.05, 0) is 37.9 Å². The van der Waals surface area contributed by atoms with E-state index in [2.05, 4.69) is 52.9 Å². The minimum atomic E-state index is -0.285. The van der Waals surface area contributed by atoms with E-state index in [1.807, 2.05) is 0 Å². The zero-order valence-electron chi connectivity index (χ0n) is 15.4. The highest BCUT2D eigenvalue weighted by atomic mass is 16.5. The maximum absolute atomic E-state index is 13.1. The smallest absolute Gasteiger partial charge is 0.239 e. The fraction of sp³-hybridized carbons (Fsp3) is 0.650. The van der Waals surface area contributed by atoms with Gasteiger partial charge in [-0.15, -0.1) is 0 Å². The Bertz CT molecular complexity index is 638. The fourth-order valence-electron chi connectivity index (χ4n) is 4.57. The van der Waals surface area contributed by atoms with Crippen LogP contribution in [0.4, 0.5) is 0 Å². The van der Waals surface area contributed by atoms with Crippen LogP contribution in [0.2, 0.25) is 0 Å². The lowest BCUT2D eigenvalue weighted by molar-refractivity contribution is -0.157. The quantitative estimate of drug-likeness (QED) is 0.812. The molecule has 2 fully saturated rings. The summed E-state index contributed by atoms with van der Waals surface area (Å²) in [5, 5.41) is 0. The number of piperazine rings is 1. The van der Waals surface area contributed by atoms with Crippen LogP contribution in [0, 0.1) is 0 Å². The van der Waals surface area contributed by atoms with Gasteiger partial charge in [0.25, 0.3) is 0 Å². The molecule has 0 unspecified atom stereocenters. The van der Waals surface area contributed by atoms with Crippen molar-refractivity contribution < 1.29 is 9.53 Å². The number of aryl methyl sites for hydroxylation is 1. The van der Waals surface area contributed by atoms with E-state index < -0.39 is 0 Å². The molecule has 0 bridgehead atoms. The average molecular weight is 343 g/mol. The Morgan fingerprint density at radius 3 is 2.72 bits per heavy atom. The van der Waals surface area contributed by atoms with Gasteiger partial charge in [-0.25, -0.2) is 0 Å². The Hall–Kier alpha value is -1.43. The molecule has 4 rings (SSSR count). The van der Waals surface area contributed by atoms with Crippen LogP contribution >= 0.6 is 0 Å². The first-order chi connectivity index (χ1) is 12.1. The highest BCUT2D eigenvalue weighted by molar-refractivity contribution is 5.81. The van der Waals surface area contributed by atoms with Crippen molar-refractivity contribution in [2.45, 2.75) is 31.4 Å². The predicted octanol–water partition coefficient (Wildman–Crippen LogP) is 1.32. The topological polar surface area (TPSA) is 36.0 Å². The van der Waals surface area contributed by atoms with Crippen molar-refractivity contribution in [3.05, 3.63) is 35.4 Å². The molecule has 1 amide bonds. The van der Waals surface area contributed by atoms with Gasteiger partial charge in [0.15, 0.2) is 0 Å². The van der Waals surface area contributed by atoms with E-state index in [1.54, 1.807) is 0 Å². The zero-order chi connectivity index (χ0) is 17.4. The number of nitrogens with zero attached hydrogens (tertiary/aromatic N) is 3. The van der Waals surface area contributed by atoms with E-state index in [9.17, 15) is 4.79 Å². The van der Waals surface area contributed by atoms with Crippen LogP contribution in [0.1, 0.15) is 24.5 Å². The normalized spacial score (nSPS) is 29.0. The predicted molar refractivity (Wildman–Crippen MR) is 97.5 cm³/mol. The number of carbonyl (C=O) groups excluding carboxylic acids is 1. The van der Waals surface area contributed by atoms with Gasteiger partial charge in [0.1, 0.15) is 5.60 Å². The third kappa shape index (κ3) is 3.09. The second-order valence-corrected chi connectivity index (χ2v) is 7.77. The number of fused-ring (bicyclic) bond motifs is 2. The molecule has 2 saturated heterocycles. The number of benzene rings is 1. The lowest BCUT2D eigenvalue weighted by Crippen LogP contribution is -2.58. The summed E-state index contributed by atoms with van der Waals surface area (Å²) in [6, 6.07) is 8.52. The van der Waals surface area contributed by atoms with Gasteiger partial charge in [-0.2, -0.15) is 0 Å². The SMILES string of the molecule is C[C@H](C(=O)N1CCO[C@@]2(CCc3ccccc32)C1)N1CCN(C)CC1. The Morgan fingerprint density at radius 1 is 1.16 bits per heavy atom. The van der Waals surface area contributed by atoms with Crippen molar-refractivity contribution in [2.75, 3.05) is 52.9 Å². The molecule has 1 aliphatic carbocycles. The number of likely N-dealkylation sites (N-methyl/N-ethyl adjacent to an activating group) is 1. The van der Waals surface area contributed by atoms with Gasteiger partial charge in [-0.3, -0.25) is 9.69 Å². The highest BCUT2D eigenvalue weighted by Gasteiger charge is 2.45. The lowest BCUT2D eigenvalue weighted by atomic mass is 9.93. The summed E-state index contributed by atoms with van der Waals surface area (Å²) < 4.78 is 6.26. The van der Waals surface area contributed by atoms with Crippen LogP contribution in [-0.4, -0.2) is 79.6 Å². The van der Waals surface area contributed by atoms with Gasteiger partial charge >= 0.3 is 0 Å².